The van der Waals surface area contributed by atoms with E-state index in [0.717, 1.165) is 29.7 Å². The summed E-state index contributed by atoms with van der Waals surface area (Å²) in [5.74, 6) is -0.254. The molecule has 128 valence electrons. The average Bonchev–Trinajstić information content (AvgIpc) is 2.92. The summed E-state index contributed by atoms with van der Waals surface area (Å²) in [6.45, 7) is 5.55. The normalized spacial score (nSPS) is 10.8. The van der Waals surface area contributed by atoms with E-state index < -0.39 is 0 Å². The van der Waals surface area contributed by atoms with Crippen LogP contribution in [-0.2, 0) is 6.42 Å². The molecule has 2 aromatic heterocycles. The first-order chi connectivity index (χ1) is 12.0. The molecule has 0 saturated heterocycles. The molecular formula is C20H21N3O2. The van der Waals surface area contributed by atoms with Gasteiger partial charge in [-0.15, -0.1) is 0 Å². The molecule has 5 heteroatoms. The second-order valence-electron chi connectivity index (χ2n) is 6.18. The van der Waals surface area contributed by atoms with Crippen molar-refractivity contribution >= 4 is 23.0 Å². The number of pyridine rings is 1. The number of imidazole rings is 1. The van der Waals surface area contributed by atoms with Crippen LogP contribution in [0.5, 0.6) is 0 Å². The lowest BCUT2D eigenvalue weighted by Gasteiger charge is -2.08. The summed E-state index contributed by atoms with van der Waals surface area (Å²) >= 11 is 0. The number of hydrogen-bond donors (Lipinski definition) is 1. The Kier molecular flexibility index (Phi) is 4.65. The zero-order valence-electron chi connectivity index (χ0n) is 14.7. The summed E-state index contributed by atoms with van der Waals surface area (Å²) < 4.78 is 1.84. The maximum atomic E-state index is 12.9. The van der Waals surface area contributed by atoms with Crippen molar-refractivity contribution in [2.24, 2.45) is 0 Å². The molecule has 3 aromatic rings. The predicted molar refractivity (Wildman–Crippen MR) is 98.3 cm³/mol. The molecule has 2 heterocycles. The Morgan fingerprint density at radius 2 is 2.00 bits per heavy atom. The number of carbonyl (C=O) groups is 2. The van der Waals surface area contributed by atoms with Crippen LogP contribution in [0.15, 0.2) is 42.6 Å². The number of nitrogens with zero attached hydrogens (tertiary/aromatic N) is 2. The van der Waals surface area contributed by atoms with E-state index in [1.54, 1.807) is 24.3 Å². The zero-order valence-corrected chi connectivity index (χ0v) is 14.7. The monoisotopic (exact) mass is 335 g/mol. The molecule has 0 aliphatic carbocycles. The van der Waals surface area contributed by atoms with Crippen LogP contribution >= 0.6 is 0 Å². The number of nitrogens with one attached hydrogen (secondary N) is 1. The fraction of sp³-hybridized carbons (Fsp3) is 0.250. The number of fused-ring (bicyclic) bond motifs is 1. The largest absolute Gasteiger partial charge is 0.321 e. The minimum atomic E-state index is -0.220. The predicted octanol–water partition coefficient (Wildman–Crippen LogP) is 4.05. The maximum absolute atomic E-state index is 12.9. The molecule has 0 radical (unpaired) electrons. The number of aromatic nitrogens is 2. The minimum absolute atomic E-state index is 0.0341. The highest BCUT2D eigenvalue weighted by Gasteiger charge is 2.19. The molecule has 0 saturated carbocycles. The first-order valence-electron chi connectivity index (χ1n) is 8.39. The molecule has 0 atom stereocenters. The highest BCUT2D eigenvalue weighted by atomic mass is 16.2. The van der Waals surface area contributed by atoms with Gasteiger partial charge in [0.05, 0.1) is 5.69 Å². The van der Waals surface area contributed by atoms with Gasteiger partial charge in [-0.1, -0.05) is 31.5 Å². The van der Waals surface area contributed by atoms with Crippen molar-refractivity contribution in [3.8, 4) is 0 Å². The van der Waals surface area contributed by atoms with Gasteiger partial charge in [-0.25, -0.2) is 4.98 Å². The van der Waals surface area contributed by atoms with Gasteiger partial charge in [0.1, 0.15) is 11.3 Å². The van der Waals surface area contributed by atoms with Crippen molar-refractivity contribution in [1.82, 2.24) is 9.38 Å². The summed E-state index contributed by atoms with van der Waals surface area (Å²) in [5.41, 5.74) is 4.32. The molecule has 0 aliphatic rings. The third-order valence-electron chi connectivity index (χ3n) is 4.07. The van der Waals surface area contributed by atoms with Crippen molar-refractivity contribution in [3.63, 3.8) is 0 Å². The highest BCUT2D eigenvalue weighted by Crippen LogP contribution is 2.19. The van der Waals surface area contributed by atoms with Crippen molar-refractivity contribution < 1.29 is 9.59 Å². The van der Waals surface area contributed by atoms with Crippen LogP contribution in [0.2, 0.25) is 0 Å². The first kappa shape index (κ1) is 16.9. The quantitative estimate of drug-likeness (QED) is 0.715. The third kappa shape index (κ3) is 3.45. The zero-order chi connectivity index (χ0) is 18.0. The Morgan fingerprint density at radius 3 is 2.72 bits per heavy atom. The number of Topliss-reactive ketones (excluding diaryl/α,β-unsaturated/α-hetero) is 1. The molecule has 5 nitrogen and oxygen atoms in total. The number of aryl methyl sites for hydroxylation is 2. The summed E-state index contributed by atoms with van der Waals surface area (Å²) in [6.07, 6.45) is 3.56. The van der Waals surface area contributed by atoms with Gasteiger partial charge in [0.25, 0.3) is 5.91 Å². The van der Waals surface area contributed by atoms with Gasteiger partial charge in [0.15, 0.2) is 5.78 Å². The van der Waals surface area contributed by atoms with E-state index in [2.05, 4.69) is 17.2 Å². The molecule has 0 fully saturated rings. The van der Waals surface area contributed by atoms with Gasteiger partial charge < -0.3 is 5.32 Å². The molecule has 3 rings (SSSR count). The smallest absolute Gasteiger partial charge is 0.274 e. The number of hydrogen-bond acceptors (Lipinski definition) is 3. The highest BCUT2D eigenvalue weighted by molar-refractivity contribution is 6.05. The second-order valence-corrected chi connectivity index (χ2v) is 6.18. The maximum Gasteiger partial charge on any atom is 0.274 e. The lowest BCUT2D eigenvalue weighted by Crippen LogP contribution is -2.16. The molecule has 1 N–H and O–H groups in total. The van der Waals surface area contributed by atoms with Crippen molar-refractivity contribution in [3.05, 3.63) is 65.1 Å². The summed E-state index contributed by atoms with van der Waals surface area (Å²) in [5, 5.41) is 2.90. The lowest BCUT2D eigenvalue weighted by molar-refractivity contribution is 0.100. The van der Waals surface area contributed by atoms with Crippen LogP contribution in [0.25, 0.3) is 5.65 Å². The van der Waals surface area contributed by atoms with Crippen LogP contribution in [0.4, 0.5) is 5.69 Å². The Morgan fingerprint density at radius 1 is 1.20 bits per heavy atom. The molecule has 0 unspecified atom stereocenters. The van der Waals surface area contributed by atoms with Crippen molar-refractivity contribution in [1.29, 1.82) is 0 Å². The van der Waals surface area contributed by atoms with Crippen LogP contribution < -0.4 is 5.32 Å². The van der Waals surface area contributed by atoms with Gasteiger partial charge in [-0.2, -0.15) is 0 Å². The van der Waals surface area contributed by atoms with E-state index in [1.807, 2.05) is 29.7 Å². The van der Waals surface area contributed by atoms with Crippen LogP contribution in [0.1, 0.15) is 52.4 Å². The van der Waals surface area contributed by atoms with Crippen LogP contribution in [0.3, 0.4) is 0 Å². The number of amides is 1. The van der Waals surface area contributed by atoms with Gasteiger partial charge in [0.2, 0.25) is 0 Å². The molecule has 1 amide bonds. The van der Waals surface area contributed by atoms with E-state index >= 15 is 0 Å². The Bertz CT molecular complexity index is 957. The fourth-order valence-corrected chi connectivity index (χ4v) is 2.86. The van der Waals surface area contributed by atoms with Gasteiger partial charge in [-0.3, -0.25) is 14.0 Å². The molecule has 1 aromatic carbocycles. The Labute approximate surface area is 146 Å². The Balaban J connectivity index is 2.01. The number of rotatable bonds is 5. The van der Waals surface area contributed by atoms with Crippen LogP contribution in [0, 0.1) is 6.92 Å². The topological polar surface area (TPSA) is 63.5 Å². The van der Waals surface area contributed by atoms with E-state index in [4.69, 9.17) is 0 Å². The second kappa shape index (κ2) is 6.89. The van der Waals surface area contributed by atoms with Gasteiger partial charge in [0, 0.05) is 17.4 Å². The molecule has 0 aliphatic heterocycles. The number of anilines is 1. The van der Waals surface area contributed by atoms with Crippen molar-refractivity contribution in [2.45, 2.75) is 33.6 Å². The summed E-state index contributed by atoms with van der Waals surface area (Å²) in [4.78, 5) is 29.1. The molecule has 0 bridgehead atoms. The van der Waals surface area contributed by atoms with E-state index in [1.165, 1.54) is 6.92 Å². The van der Waals surface area contributed by atoms with Crippen LogP contribution in [-0.4, -0.2) is 21.1 Å². The van der Waals surface area contributed by atoms with Gasteiger partial charge >= 0.3 is 0 Å². The Hall–Kier alpha value is -2.95. The van der Waals surface area contributed by atoms with E-state index in [9.17, 15) is 9.59 Å². The molecule has 25 heavy (non-hydrogen) atoms. The molecular weight excluding hydrogens is 314 g/mol. The average molecular weight is 335 g/mol. The third-order valence-corrected chi connectivity index (χ3v) is 4.07. The number of carbonyl (C=O) groups excluding carboxylic acids is 2. The molecule has 0 spiro atoms. The lowest BCUT2D eigenvalue weighted by atomic mass is 10.1. The SMILES string of the molecule is CCCc1nc2ccc(C)cn2c1C(=O)Nc1cccc(C(C)=O)c1. The first-order valence-corrected chi connectivity index (χ1v) is 8.39. The summed E-state index contributed by atoms with van der Waals surface area (Å²) in [7, 11) is 0. The minimum Gasteiger partial charge on any atom is -0.321 e. The van der Waals surface area contributed by atoms with E-state index in [0.29, 0.717) is 16.9 Å². The summed E-state index contributed by atoms with van der Waals surface area (Å²) in [6, 6.07) is 10.9. The standard InChI is InChI=1S/C20H21N3O2/c1-4-6-17-19(23-12-13(2)9-10-18(23)22-17)20(25)21-16-8-5-7-15(11-16)14(3)24/h5,7-12H,4,6H2,1-3H3,(H,21,25). The van der Waals surface area contributed by atoms with Crippen molar-refractivity contribution in [2.75, 3.05) is 5.32 Å². The fourth-order valence-electron chi connectivity index (χ4n) is 2.86. The van der Waals surface area contributed by atoms with Gasteiger partial charge in [-0.05, 0) is 44.0 Å². The number of ketones is 1. The van der Waals surface area contributed by atoms with E-state index in [-0.39, 0.29) is 11.7 Å². The number of benzene rings is 1.